The van der Waals surface area contributed by atoms with E-state index < -0.39 is 18.9 Å². The molecule has 2 aromatic carbocycles. The lowest BCUT2D eigenvalue weighted by Gasteiger charge is -2.44. The zero-order valence-corrected chi connectivity index (χ0v) is 16.1. The lowest BCUT2D eigenvalue weighted by Crippen LogP contribution is -2.56. The van der Waals surface area contributed by atoms with E-state index in [1.54, 1.807) is 0 Å². The van der Waals surface area contributed by atoms with E-state index in [4.69, 9.17) is 14.2 Å². The maximum absolute atomic E-state index is 13.8. The van der Waals surface area contributed by atoms with E-state index in [1.165, 1.54) is 0 Å². The van der Waals surface area contributed by atoms with Crippen LogP contribution in [0.3, 0.4) is 0 Å². The summed E-state index contributed by atoms with van der Waals surface area (Å²) in [4.78, 5) is 0. The summed E-state index contributed by atoms with van der Waals surface area (Å²) < 4.78 is 32.2. The summed E-state index contributed by atoms with van der Waals surface area (Å²) in [7, 11) is 0. The Hall–Kier alpha value is -1.75. The van der Waals surface area contributed by atoms with E-state index in [0.717, 1.165) is 17.5 Å². The van der Waals surface area contributed by atoms with Gasteiger partial charge in [-0.25, -0.2) is 4.39 Å². The predicted octanol–water partition coefficient (Wildman–Crippen LogP) is 4.94. The van der Waals surface area contributed by atoms with Crippen LogP contribution in [0.25, 0.3) is 0 Å². The van der Waals surface area contributed by atoms with Crippen LogP contribution in [0.5, 0.6) is 0 Å². The molecule has 0 bridgehead atoms. The maximum Gasteiger partial charge on any atom is 0.118 e. The topological polar surface area (TPSA) is 27.7 Å². The Morgan fingerprint density at radius 2 is 1.33 bits per heavy atom. The fourth-order valence-corrected chi connectivity index (χ4v) is 3.72. The highest BCUT2D eigenvalue weighted by atomic mass is 19.1. The summed E-state index contributed by atoms with van der Waals surface area (Å²) in [6, 6.07) is 20.0. The summed E-state index contributed by atoms with van der Waals surface area (Å²) in [6.45, 7) is 4.50. The smallest absolute Gasteiger partial charge is 0.118 e. The van der Waals surface area contributed by atoms with Gasteiger partial charge in [-0.2, -0.15) is 0 Å². The fourth-order valence-electron chi connectivity index (χ4n) is 3.72. The Kier molecular flexibility index (Phi) is 7.39. The second-order valence-corrected chi connectivity index (χ2v) is 7.16. The van der Waals surface area contributed by atoms with Gasteiger partial charge in [-0.1, -0.05) is 74.5 Å². The van der Waals surface area contributed by atoms with Gasteiger partial charge in [0.15, 0.2) is 0 Å². The van der Waals surface area contributed by atoms with Crippen LogP contribution < -0.4 is 0 Å². The summed E-state index contributed by atoms with van der Waals surface area (Å²) in [6.07, 6.45) is -0.447. The number of benzene rings is 2. The van der Waals surface area contributed by atoms with Crippen molar-refractivity contribution in [2.75, 3.05) is 6.67 Å². The lowest BCUT2D eigenvalue weighted by atomic mass is 9.86. The Morgan fingerprint density at radius 1 is 0.815 bits per heavy atom. The molecule has 1 fully saturated rings. The van der Waals surface area contributed by atoms with Crippen LogP contribution in [-0.4, -0.2) is 31.1 Å². The highest BCUT2D eigenvalue weighted by molar-refractivity contribution is 5.14. The van der Waals surface area contributed by atoms with Crippen LogP contribution in [0, 0.1) is 5.92 Å². The zero-order valence-electron chi connectivity index (χ0n) is 16.1. The molecule has 0 aromatic heterocycles. The van der Waals surface area contributed by atoms with Crippen LogP contribution in [0.1, 0.15) is 31.4 Å². The first kappa shape index (κ1) is 20.0. The minimum Gasteiger partial charge on any atom is -0.370 e. The van der Waals surface area contributed by atoms with E-state index in [-0.39, 0.29) is 18.1 Å². The molecule has 4 heteroatoms. The fraction of sp³-hybridized carbons (Fsp3) is 0.478. The molecule has 0 amide bonds. The zero-order chi connectivity index (χ0) is 19.1. The molecule has 0 unspecified atom stereocenters. The molecule has 146 valence electrons. The number of alkyl halides is 1. The van der Waals surface area contributed by atoms with Crippen molar-refractivity contribution in [1.82, 2.24) is 0 Å². The van der Waals surface area contributed by atoms with Gasteiger partial charge in [-0.15, -0.1) is 0 Å². The minimum absolute atomic E-state index is 0.0249. The van der Waals surface area contributed by atoms with E-state index in [9.17, 15) is 4.39 Å². The summed E-state index contributed by atoms with van der Waals surface area (Å²) >= 11 is 0. The molecule has 3 nitrogen and oxygen atoms in total. The molecule has 1 heterocycles. The third kappa shape index (κ3) is 5.16. The van der Waals surface area contributed by atoms with Crippen molar-refractivity contribution in [1.29, 1.82) is 0 Å². The molecule has 3 rings (SSSR count). The van der Waals surface area contributed by atoms with Crippen molar-refractivity contribution in [2.24, 2.45) is 5.92 Å². The molecule has 0 N–H and O–H groups in total. The van der Waals surface area contributed by atoms with Crippen LogP contribution in [0.4, 0.5) is 4.39 Å². The summed E-state index contributed by atoms with van der Waals surface area (Å²) in [5.41, 5.74) is 2.16. The van der Waals surface area contributed by atoms with Gasteiger partial charge in [0.2, 0.25) is 0 Å². The Bertz CT molecular complexity index is 664. The minimum atomic E-state index is -0.601. The Morgan fingerprint density at radius 3 is 1.81 bits per heavy atom. The van der Waals surface area contributed by atoms with Crippen molar-refractivity contribution in [3.05, 3.63) is 71.8 Å². The van der Waals surface area contributed by atoms with Crippen molar-refractivity contribution >= 4 is 0 Å². The molecule has 0 spiro atoms. The van der Waals surface area contributed by atoms with Gasteiger partial charge in [-0.05, 0) is 17.5 Å². The monoisotopic (exact) mass is 372 g/mol. The van der Waals surface area contributed by atoms with Crippen molar-refractivity contribution in [2.45, 2.75) is 57.9 Å². The van der Waals surface area contributed by atoms with Crippen LogP contribution in [0.2, 0.25) is 0 Å². The number of halogens is 1. The van der Waals surface area contributed by atoms with Gasteiger partial charge in [0.1, 0.15) is 18.9 Å². The van der Waals surface area contributed by atoms with Crippen molar-refractivity contribution in [3.8, 4) is 0 Å². The molecule has 0 aliphatic carbocycles. The largest absolute Gasteiger partial charge is 0.370 e. The first-order chi connectivity index (χ1) is 13.2. The van der Waals surface area contributed by atoms with Crippen LogP contribution in [-0.2, 0) is 27.4 Å². The highest BCUT2D eigenvalue weighted by Gasteiger charge is 2.44. The molecule has 1 aliphatic rings. The number of ether oxygens (including phenoxy) is 3. The van der Waals surface area contributed by atoms with Gasteiger partial charge in [-0.3, -0.25) is 0 Å². The van der Waals surface area contributed by atoms with Gasteiger partial charge in [0, 0.05) is 5.92 Å². The number of rotatable bonds is 8. The average molecular weight is 372 g/mol. The molecule has 27 heavy (non-hydrogen) atoms. The van der Waals surface area contributed by atoms with E-state index in [0.29, 0.717) is 13.2 Å². The second kappa shape index (κ2) is 9.98. The van der Waals surface area contributed by atoms with Gasteiger partial charge >= 0.3 is 0 Å². The van der Waals surface area contributed by atoms with E-state index in [2.05, 4.69) is 13.8 Å². The first-order valence-electron chi connectivity index (χ1n) is 9.75. The molecule has 0 saturated carbocycles. The SMILES string of the molecule is CC[C@H]1O[C@@H](CF)[C@H](OCc2ccccc2)[C@@H](OCc2ccccc2)[C@H]1C. The van der Waals surface area contributed by atoms with Crippen molar-refractivity contribution in [3.63, 3.8) is 0 Å². The Labute approximate surface area is 161 Å². The molecular weight excluding hydrogens is 343 g/mol. The lowest BCUT2D eigenvalue weighted by molar-refractivity contribution is -0.234. The number of hydrogen-bond acceptors (Lipinski definition) is 3. The molecular formula is C23H29FO3. The predicted molar refractivity (Wildman–Crippen MR) is 104 cm³/mol. The number of hydrogen-bond donors (Lipinski definition) is 0. The van der Waals surface area contributed by atoms with Crippen LogP contribution in [0.15, 0.2) is 60.7 Å². The first-order valence-corrected chi connectivity index (χ1v) is 9.75. The van der Waals surface area contributed by atoms with Crippen molar-refractivity contribution < 1.29 is 18.6 Å². The van der Waals surface area contributed by atoms with E-state index >= 15 is 0 Å². The maximum atomic E-state index is 13.8. The van der Waals surface area contributed by atoms with Gasteiger partial charge in [0.25, 0.3) is 0 Å². The summed E-state index contributed by atoms with van der Waals surface area (Å²) in [5, 5.41) is 0. The van der Waals surface area contributed by atoms with E-state index in [1.807, 2.05) is 60.7 Å². The van der Waals surface area contributed by atoms with Gasteiger partial charge < -0.3 is 14.2 Å². The molecule has 1 aliphatic heterocycles. The average Bonchev–Trinajstić information content (AvgIpc) is 2.73. The second-order valence-electron chi connectivity index (χ2n) is 7.16. The molecule has 0 radical (unpaired) electrons. The van der Waals surface area contributed by atoms with Gasteiger partial charge in [0.05, 0.1) is 25.4 Å². The standard InChI is InChI=1S/C23H29FO3/c1-3-20-17(2)22(25-15-18-10-6-4-7-11-18)23(21(14-24)27-20)26-16-19-12-8-5-9-13-19/h4-13,17,20-23H,3,14-16H2,1-2H3/t17-,20+,21-,22-,23-/m0/s1. The quantitative estimate of drug-likeness (QED) is 0.657. The summed E-state index contributed by atoms with van der Waals surface area (Å²) in [5.74, 6) is 0.127. The Balaban J connectivity index is 1.73. The molecule has 2 aromatic rings. The third-order valence-electron chi connectivity index (χ3n) is 5.27. The highest BCUT2D eigenvalue weighted by Crippen LogP contribution is 2.33. The van der Waals surface area contributed by atoms with Crippen LogP contribution >= 0.6 is 0 Å². The molecule has 1 saturated heterocycles. The third-order valence-corrected chi connectivity index (χ3v) is 5.27. The normalized spacial score (nSPS) is 28.2. The molecule has 5 atom stereocenters.